The molecule has 2 aromatic rings. The van der Waals surface area contributed by atoms with Crippen LogP contribution in [0, 0.1) is 41.8 Å². The van der Waals surface area contributed by atoms with Gasteiger partial charge in [-0.1, -0.05) is 5.46 Å². The molecule has 1 radical (unpaired) electrons. The highest BCUT2D eigenvalue weighted by Crippen LogP contribution is 2.24. The van der Waals surface area contributed by atoms with E-state index in [-0.39, 0.29) is 11.0 Å². The lowest BCUT2D eigenvalue weighted by atomic mass is 9.62. The minimum atomic E-state index is -1.73. The van der Waals surface area contributed by atoms with Crippen LogP contribution in [0.2, 0.25) is 0 Å². The highest BCUT2D eigenvalue weighted by molar-refractivity contribution is 6.68. The molecule has 0 unspecified atom stereocenters. The lowest BCUT2D eigenvalue weighted by Crippen LogP contribution is -2.36. The molecule has 0 heterocycles. The Morgan fingerprint density at radius 2 is 1.41 bits per heavy atom. The number of benzene rings is 2. The van der Waals surface area contributed by atoms with Crippen molar-refractivity contribution in [2.75, 3.05) is 7.11 Å². The van der Waals surface area contributed by atoms with E-state index in [1.165, 1.54) is 6.92 Å². The Kier molecular flexibility index (Phi) is 4.39. The van der Waals surface area contributed by atoms with Gasteiger partial charge in [0, 0.05) is 6.07 Å². The molecule has 0 aliphatic carbocycles. The molecule has 22 heavy (non-hydrogen) atoms. The second kappa shape index (κ2) is 5.94. The molecule has 1 nitrogen and oxygen atoms in total. The van der Waals surface area contributed by atoms with Gasteiger partial charge in [-0.2, -0.15) is 8.78 Å². The minimum Gasteiger partial charge on any atom is -0.491 e. The summed E-state index contributed by atoms with van der Waals surface area (Å²) in [6, 6.07) is 1.37. The maximum atomic E-state index is 13.8. The zero-order valence-electron chi connectivity index (χ0n) is 11.4. The first-order valence-corrected chi connectivity index (χ1v) is 5.98. The molecule has 0 saturated carbocycles. The van der Waals surface area contributed by atoms with Crippen molar-refractivity contribution in [1.29, 1.82) is 0 Å². The van der Waals surface area contributed by atoms with Crippen LogP contribution in [0.4, 0.5) is 26.3 Å². The first-order valence-electron chi connectivity index (χ1n) is 5.98. The predicted octanol–water partition coefficient (Wildman–Crippen LogP) is 2.49. The first-order chi connectivity index (χ1) is 10.3. The van der Waals surface area contributed by atoms with E-state index in [0.29, 0.717) is 13.3 Å². The smallest absolute Gasteiger partial charge is 0.203 e. The van der Waals surface area contributed by atoms with Gasteiger partial charge in [-0.05, 0) is 24.0 Å². The highest BCUT2D eigenvalue weighted by Gasteiger charge is 2.27. The van der Waals surface area contributed by atoms with Gasteiger partial charge in [0.05, 0.1) is 7.11 Å². The molecule has 0 aliphatic heterocycles. The van der Waals surface area contributed by atoms with Crippen molar-refractivity contribution in [3.63, 3.8) is 0 Å². The highest BCUT2D eigenvalue weighted by atomic mass is 19.2. The van der Waals surface area contributed by atoms with E-state index >= 15 is 0 Å². The van der Waals surface area contributed by atoms with Crippen molar-refractivity contribution < 1.29 is 31.1 Å². The summed E-state index contributed by atoms with van der Waals surface area (Å²) in [5.41, 5.74) is -1.47. The van der Waals surface area contributed by atoms with Gasteiger partial charge in [-0.3, -0.25) is 0 Å². The van der Waals surface area contributed by atoms with Crippen LogP contribution in [0.15, 0.2) is 12.1 Å². The standard InChI is InChI=1S/C14H8BF6O/c1-5-7(3-6(16)4-8(5)17)15-9-10(18)12(20)14(22-2)13(21)11(9)19/h3-4H,1-2H3. The molecule has 8 heteroatoms. The molecule has 0 amide bonds. The Hall–Kier alpha value is -2.12. The number of rotatable bonds is 3. The van der Waals surface area contributed by atoms with Gasteiger partial charge in [0.15, 0.2) is 24.7 Å². The molecule has 2 rings (SSSR count). The number of halogens is 6. The van der Waals surface area contributed by atoms with Gasteiger partial charge in [0.25, 0.3) is 0 Å². The fourth-order valence-corrected chi connectivity index (χ4v) is 1.91. The SMILES string of the molecule is COc1c(F)c(F)c([B]c2cc(F)cc(F)c2C)c(F)c1F. The fourth-order valence-electron chi connectivity index (χ4n) is 1.91. The van der Waals surface area contributed by atoms with Gasteiger partial charge in [-0.15, -0.1) is 0 Å². The molecule has 0 bridgehead atoms. The molecule has 0 N–H and O–H groups in total. The minimum absolute atomic E-state index is 0.128. The Morgan fingerprint density at radius 1 is 0.864 bits per heavy atom. The third-order valence-corrected chi connectivity index (χ3v) is 3.11. The van der Waals surface area contributed by atoms with Gasteiger partial charge in [0.1, 0.15) is 11.6 Å². The van der Waals surface area contributed by atoms with E-state index in [9.17, 15) is 26.3 Å². The number of ether oxygens (including phenoxy) is 1. The molecule has 2 aromatic carbocycles. The van der Waals surface area contributed by atoms with Crippen LogP contribution in [-0.2, 0) is 0 Å². The Morgan fingerprint density at radius 3 is 1.91 bits per heavy atom. The quantitative estimate of drug-likeness (QED) is 0.480. The third-order valence-electron chi connectivity index (χ3n) is 3.11. The van der Waals surface area contributed by atoms with Gasteiger partial charge in [-0.25, -0.2) is 17.6 Å². The van der Waals surface area contributed by atoms with E-state index in [1.54, 1.807) is 0 Å². The number of hydrogen-bond acceptors (Lipinski definition) is 1. The summed E-state index contributed by atoms with van der Waals surface area (Å²) in [5, 5.41) is 0. The van der Waals surface area contributed by atoms with Crippen LogP contribution >= 0.6 is 0 Å². The van der Waals surface area contributed by atoms with E-state index < -0.39 is 46.1 Å². The van der Waals surface area contributed by atoms with Crippen LogP contribution in [0.3, 0.4) is 0 Å². The molecule has 0 saturated heterocycles. The second-order valence-electron chi connectivity index (χ2n) is 4.45. The summed E-state index contributed by atoms with van der Waals surface area (Å²) in [6.45, 7) is 1.23. The summed E-state index contributed by atoms with van der Waals surface area (Å²) in [4.78, 5) is 0. The summed E-state index contributed by atoms with van der Waals surface area (Å²) < 4.78 is 85.7. The summed E-state index contributed by atoms with van der Waals surface area (Å²) in [7, 11) is 1.47. The van der Waals surface area contributed by atoms with E-state index in [1.807, 2.05) is 0 Å². The van der Waals surface area contributed by atoms with E-state index in [4.69, 9.17) is 0 Å². The van der Waals surface area contributed by atoms with Crippen molar-refractivity contribution in [3.05, 3.63) is 52.6 Å². The zero-order chi connectivity index (χ0) is 16.6. The van der Waals surface area contributed by atoms with Crippen LogP contribution < -0.4 is 15.7 Å². The monoisotopic (exact) mass is 317 g/mol. The second-order valence-corrected chi connectivity index (χ2v) is 4.45. The van der Waals surface area contributed by atoms with Crippen molar-refractivity contribution in [1.82, 2.24) is 0 Å². The lowest BCUT2D eigenvalue weighted by Gasteiger charge is -2.12. The maximum absolute atomic E-state index is 13.8. The number of methoxy groups -OCH3 is 1. The average molecular weight is 317 g/mol. The van der Waals surface area contributed by atoms with Crippen LogP contribution in [0.1, 0.15) is 5.56 Å². The summed E-state index contributed by atoms with van der Waals surface area (Å²) >= 11 is 0. The van der Waals surface area contributed by atoms with Crippen LogP contribution in [-0.4, -0.2) is 14.4 Å². The molecular weight excluding hydrogens is 309 g/mol. The predicted molar refractivity (Wildman–Crippen MR) is 68.9 cm³/mol. The average Bonchev–Trinajstić information content (AvgIpc) is 2.47. The molecular formula is C14H8BF6O. The Bertz CT molecular complexity index is 718. The normalized spacial score (nSPS) is 10.7. The molecule has 115 valence electrons. The molecule has 0 fully saturated rings. The molecule has 0 spiro atoms. The van der Waals surface area contributed by atoms with Crippen molar-refractivity contribution in [2.24, 2.45) is 0 Å². The first kappa shape index (κ1) is 16.3. The number of hydrogen-bond donors (Lipinski definition) is 0. The largest absolute Gasteiger partial charge is 0.491 e. The van der Waals surface area contributed by atoms with Gasteiger partial charge < -0.3 is 4.74 Å². The summed E-state index contributed by atoms with van der Waals surface area (Å²) in [5.74, 6) is -10.1. The van der Waals surface area contributed by atoms with Crippen LogP contribution in [0.25, 0.3) is 0 Å². The van der Waals surface area contributed by atoms with Crippen molar-refractivity contribution >= 4 is 18.2 Å². The Labute approximate surface area is 122 Å². The zero-order valence-corrected chi connectivity index (χ0v) is 11.4. The van der Waals surface area contributed by atoms with Crippen molar-refractivity contribution in [3.8, 4) is 5.75 Å². The molecule has 0 atom stereocenters. The van der Waals surface area contributed by atoms with Gasteiger partial charge in [0.2, 0.25) is 11.6 Å². The molecule has 0 aliphatic rings. The van der Waals surface area contributed by atoms with E-state index in [2.05, 4.69) is 4.74 Å². The third kappa shape index (κ3) is 2.65. The maximum Gasteiger partial charge on any atom is 0.203 e. The molecule has 0 aromatic heterocycles. The lowest BCUT2D eigenvalue weighted by molar-refractivity contribution is 0.335. The van der Waals surface area contributed by atoms with E-state index in [0.717, 1.165) is 13.2 Å². The fraction of sp³-hybridized carbons (Fsp3) is 0.143. The van der Waals surface area contributed by atoms with Crippen LogP contribution in [0.5, 0.6) is 5.75 Å². The van der Waals surface area contributed by atoms with Crippen molar-refractivity contribution in [2.45, 2.75) is 6.92 Å². The Balaban J connectivity index is 2.61. The topological polar surface area (TPSA) is 9.23 Å². The summed E-state index contributed by atoms with van der Waals surface area (Å²) in [6.07, 6.45) is 0. The van der Waals surface area contributed by atoms with Gasteiger partial charge >= 0.3 is 0 Å².